The highest BCUT2D eigenvalue weighted by Gasteiger charge is 2.05. The lowest BCUT2D eigenvalue weighted by molar-refractivity contribution is 1.66. The highest BCUT2D eigenvalue weighted by Crippen LogP contribution is 2.25. The summed E-state index contributed by atoms with van der Waals surface area (Å²) in [6.07, 6.45) is 0. The number of aromatic nitrogens is 1. The van der Waals surface area contributed by atoms with Gasteiger partial charge in [-0.05, 0) is 23.7 Å². The Labute approximate surface area is 81.9 Å². The van der Waals surface area contributed by atoms with Crippen molar-refractivity contribution in [2.24, 2.45) is 0 Å². The van der Waals surface area contributed by atoms with Crippen molar-refractivity contribution in [1.82, 2.24) is 4.37 Å². The molecule has 12 heavy (non-hydrogen) atoms. The van der Waals surface area contributed by atoms with Crippen LogP contribution in [-0.2, 0) is 0 Å². The van der Waals surface area contributed by atoms with Crippen molar-refractivity contribution in [3.63, 3.8) is 0 Å². The second kappa shape index (κ2) is 2.76. The van der Waals surface area contributed by atoms with Gasteiger partial charge in [0.1, 0.15) is 0 Å². The minimum absolute atomic E-state index is 0.0469. The molecule has 0 fully saturated rings. The van der Waals surface area contributed by atoms with E-state index in [-0.39, 0.29) is 4.74 Å². The summed E-state index contributed by atoms with van der Waals surface area (Å²) in [7, 11) is 0. The van der Waals surface area contributed by atoms with Crippen molar-refractivity contribution in [1.29, 1.82) is 0 Å². The van der Waals surface area contributed by atoms with Crippen LogP contribution in [-0.4, -0.2) is 4.37 Å². The molecule has 0 amide bonds. The van der Waals surface area contributed by atoms with Crippen LogP contribution in [0, 0.1) is 0 Å². The van der Waals surface area contributed by atoms with Crippen LogP contribution in [0.25, 0.3) is 10.9 Å². The van der Waals surface area contributed by atoms with Crippen molar-refractivity contribution in [2.75, 3.05) is 0 Å². The highest BCUT2D eigenvalue weighted by molar-refractivity contribution is 7.04. The maximum absolute atomic E-state index is 11.2. The molecule has 1 aromatic heterocycles. The zero-order chi connectivity index (χ0) is 8.72. The molecule has 0 aliphatic rings. The van der Waals surface area contributed by atoms with E-state index >= 15 is 0 Å². The first kappa shape index (κ1) is 8.10. The van der Waals surface area contributed by atoms with Crippen molar-refractivity contribution < 1.29 is 0 Å². The molecule has 0 bridgehead atoms. The van der Waals surface area contributed by atoms with Crippen LogP contribution in [0.2, 0.25) is 10.0 Å². The number of H-pyrrole nitrogens is 1. The number of rotatable bonds is 0. The number of hydrogen-bond acceptors (Lipinski definition) is 2. The van der Waals surface area contributed by atoms with Gasteiger partial charge in [0, 0.05) is 5.02 Å². The molecule has 0 radical (unpaired) electrons. The van der Waals surface area contributed by atoms with Crippen LogP contribution >= 0.6 is 34.7 Å². The third kappa shape index (κ3) is 1.14. The standard InChI is InChI=1S/C7H3Cl2NOS/c8-3-1-4-6(5(9)2-3)10-12-7(4)11/h1-2,10H. The van der Waals surface area contributed by atoms with Crippen LogP contribution in [0.5, 0.6) is 0 Å². The summed E-state index contributed by atoms with van der Waals surface area (Å²) in [6.45, 7) is 0. The van der Waals surface area contributed by atoms with E-state index in [2.05, 4.69) is 4.37 Å². The van der Waals surface area contributed by atoms with E-state index in [9.17, 15) is 4.79 Å². The molecule has 0 atom stereocenters. The molecule has 0 aliphatic carbocycles. The lowest BCUT2D eigenvalue weighted by Crippen LogP contribution is -1.86. The Morgan fingerprint density at radius 3 is 2.83 bits per heavy atom. The van der Waals surface area contributed by atoms with E-state index in [1.165, 1.54) is 0 Å². The summed E-state index contributed by atoms with van der Waals surface area (Å²) in [5.41, 5.74) is 0.663. The van der Waals surface area contributed by atoms with Gasteiger partial charge >= 0.3 is 0 Å². The van der Waals surface area contributed by atoms with Gasteiger partial charge in [-0.3, -0.25) is 4.79 Å². The maximum atomic E-state index is 11.2. The fraction of sp³-hybridized carbons (Fsp3) is 0. The van der Waals surface area contributed by atoms with Crippen LogP contribution in [0.1, 0.15) is 0 Å². The van der Waals surface area contributed by atoms with Crippen molar-refractivity contribution >= 4 is 45.6 Å². The molecular formula is C7H3Cl2NOS. The Hall–Kier alpha value is -0.510. The zero-order valence-electron chi connectivity index (χ0n) is 5.73. The molecule has 1 aromatic carbocycles. The summed E-state index contributed by atoms with van der Waals surface area (Å²) in [5, 5.41) is 1.52. The molecule has 0 saturated carbocycles. The number of benzene rings is 1. The first-order valence-electron chi connectivity index (χ1n) is 3.15. The Kier molecular flexibility index (Phi) is 1.87. The van der Waals surface area contributed by atoms with Crippen molar-refractivity contribution in [2.45, 2.75) is 0 Å². The monoisotopic (exact) mass is 219 g/mol. The van der Waals surface area contributed by atoms with Crippen LogP contribution in [0.3, 0.4) is 0 Å². The summed E-state index contributed by atoms with van der Waals surface area (Å²) in [5.74, 6) is 0. The normalized spacial score (nSPS) is 10.8. The van der Waals surface area contributed by atoms with Crippen LogP contribution in [0.15, 0.2) is 16.9 Å². The van der Waals surface area contributed by atoms with E-state index in [1.807, 2.05) is 0 Å². The predicted molar refractivity (Wildman–Crippen MR) is 52.5 cm³/mol. The molecule has 2 nitrogen and oxygen atoms in total. The third-order valence-corrected chi connectivity index (χ3v) is 2.75. The minimum atomic E-state index is -0.0469. The predicted octanol–water partition coefficient (Wildman–Crippen LogP) is 2.90. The van der Waals surface area contributed by atoms with E-state index in [1.54, 1.807) is 12.1 Å². The fourth-order valence-corrected chi connectivity index (χ4v) is 2.27. The quantitative estimate of drug-likeness (QED) is 0.727. The summed E-state index contributed by atoms with van der Waals surface area (Å²) < 4.78 is 2.78. The molecule has 62 valence electrons. The number of fused-ring (bicyclic) bond motifs is 1. The SMILES string of the molecule is O=c1s[nH]c2c(Cl)cc(Cl)cc12. The van der Waals surface area contributed by atoms with Crippen LogP contribution in [0.4, 0.5) is 0 Å². The zero-order valence-corrected chi connectivity index (χ0v) is 8.06. The second-order valence-corrected chi connectivity index (χ2v) is 3.92. The Balaban J connectivity index is 3.02. The second-order valence-electron chi connectivity index (χ2n) is 2.30. The van der Waals surface area contributed by atoms with Gasteiger partial charge in [0.25, 0.3) is 4.74 Å². The summed E-state index contributed by atoms with van der Waals surface area (Å²) >= 11 is 12.6. The summed E-state index contributed by atoms with van der Waals surface area (Å²) in [4.78, 5) is 11.2. The van der Waals surface area contributed by atoms with Gasteiger partial charge in [-0.25, -0.2) is 0 Å². The Bertz CT molecular complexity index is 488. The van der Waals surface area contributed by atoms with Gasteiger partial charge in [-0.15, -0.1) is 0 Å². The van der Waals surface area contributed by atoms with Gasteiger partial charge in [0.15, 0.2) is 0 Å². The van der Waals surface area contributed by atoms with Gasteiger partial charge in [-0.2, -0.15) is 0 Å². The van der Waals surface area contributed by atoms with Crippen LogP contribution < -0.4 is 4.74 Å². The molecule has 1 N–H and O–H groups in total. The van der Waals surface area contributed by atoms with E-state index in [4.69, 9.17) is 23.2 Å². The van der Waals surface area contributed by atoms with E-state index in [0.717, 1.165) is 11.5 Å². The maximum Gasteiger partial charge on any atom is 0.257 e. The van der Waals surface area contributed by atoms with Crippen molar-refractivity contribution in [3.8, 4) is 0 Å². The Morgan fingerprint density at radius 1 is 1.33 bits per heavy atom. The molecule has 0 saturated heterocycles. The molecule has 0 unspecified atom stereocenters. The highest BCUT2D eigenvalue weighted by atomic mass is 35.5. The number of hydrogen-bond donors (Lipinski definition) is 1. The fourth-order valence-electron chi connectivity index (χ4n) is 0.991. The number of halogens is 2. The lowest BCUT2D eigenvalue weighted by Gasteiger charge is -1.92. The topological polar surface area (TPSA) is 32.9 Å². The minimum Gasteiger partial charge on any atom is -0.306 e. The molecule has 5 heteroatoms. The molecule has 2 rings (SSSR count). The molecule has 2 aromatic rings. The van der Waals surface area contributed by atoms with Gasteiger partial charge < -0.3 is 4.37 Å². The first-order valence-corrected chi connectivity index (χ1v) is 4.72. The lowest BCUT2D eigenvalue weighted by atomic mass is 10.2. The van der Waals surface area contributed by atoms with Gasteiger partial charge in [0.05, 0.1) is 15.9 Å². The van der Waals surface area contributed by atoms with E-state index < -0.39 is 0 Å². The largest absolute Gasteiger partial charge is 0.306 e. The first-order chi connectivity index (χ1) is 5.68. The van der Waals surface area contributed by atoms with Gasteiger partial charge in [0.2, 0.25) is 0 Å². The Morgan fingerprint density at radius 2 is 2.08 bits per heavy atom. The molecule has 0 aliphatic heterocycles. The molecular weight excluding hydrogens is 217 g/mol. The third-order valence-electron chi connectivity index (χ3n) is 1.52. The molecule has 0 spiro atoms. The smallest absolute Gasteiger partial charge is 0.257 e. The average molecular weight is 220 g/mol. The number of nitrogens with one attached hydrogen (secondary N) is 1. The summed E-state index contributed by atoms with van der Waals surface area (Å²) in [6, 6.07) is 3.21. The average Bonchev–Trinajstić information content (AvgIpc) is 2.33. The molecule has 1 heterocycles. The van der Waals surface area contributed by atoms with Crippen molar-refractivity contribution in [3.05, 3.63) is 31.7 Å². The van der Waals surface area contributed by atoms with Gasteiger partial charge in [-0.1, -0.05) is 23.2 Å². The van der Waals surface area contributed by atoms with E-state index in [0.29, 0.717) is 20.9 Å². The number of aromatic amines is 1.